The number of hydrogen-bond donors (Lipinski definition) is 4. The average Bonchev–Trinajstić information content (AvgIpc) is 2.72. The monoisotopic (exact) mass is 388 g/mol. The van der Waals surface area contributed by atoms with Crippen LogP contribution in [-0.2, 0) is 20.7 Å². The summed E-state index contributed by atoms with van der Waals surface area (Å²) in [6.07, 6.45) is -5.85. The van der Waals surface area contributed by atoms with Gasteiger partial charge in [0.1, 0.15) is 30.5 Å². The summed E-state index contributed by atoms with van der Waals surface area (Å²) in [5.74, 6) is -0.327. The summed E-state index contributed by atoms with van der Waals surface area (Å²) in [6.45, 7) is -0.475. The number of rotatable bonds is 5. The minimum atomic E-state index is -1.43. The van der Waals surface area contributed by atoms with Crippen molar-refractivity contribution in [2.75, 3.05) is 13.7 Å². The molecule has 2 unspecified atom stereocenters. The molecule has 0 aliphatic carbocycles. The molecule has 7 nitrogen and oxygen atoms in total. The van der Waals surface area contributed by atoms with E-state index in [1.54, 1.807) is 12.1 Å². The summed E-state index contributed by atoms with van der Waals surface area (Å²) in [5, 5.41) is 39.7. The molecule has 1 fully saturated rings. The van der Waals surface area contributed by atoms with Crippen molar-refractivity contribution in [3.8, 4) is 11.1 Å². The van der Waals surface area contributed by atoms with Crippen LogP contribution in [0.3, 0.4) is 0 Å². The van der Waals surface area contributed by atoms with E-state index in [-0.39, 0.29) is 12.4 Å². The van der Waals surface area contributed by atoms with Gasteiger partial charge in [-0.05, 0) is 28.3 Å². The second kappa shape index (κ2) is 8.81. The molecule has 7 heteroatoms. The van der Waals surface area contributed by atoms with Crippen molar-refractivity contribution in [1.29, 1.82) is 0 Å². The van der Waals surface area contributed by atoms with Crippen molar-refractivity contribution >= 4 is 5.97 Å². The minimum absolute atomic E-state index is 0.163. The molecule has 150 valence electrons. The lowest BCUT2D eigenvalue weighted by molar-refractivity contribution is -0.231. The van der Waals surface area contributed by atoms with Gasteiger partial charge in [-0.15, -0.1) is 0 Å². The fourth-order valence-electron chi connectivity index (χ4n) is 3.37. The van der Waals surface area contributed by atoms with E-state index in [1.807, 2.05) is 36.4 Å². The normalized spacial score (nSPS) is 27.4. The van der Waals surface area contributed by atoms with E-state index in [9.17, 15) is 25.2 Å². The van der Waals surface area contributed by atoms with Gasteiger partial charge in [-0.25, -0.2) is 0 Å². The molecule has 0 aromatic heterocycles. The maximum absolute atomic E-state index is 11.5. The summed E-state index contributed by atoms with van der Waals surface area (Å²) >= 11 is 0. The van der Waals surface area contributed by atoms with Crippen molar-refractivity contribution in [3.05, 3.63) is 59.7 Å². The van der Waals surface area contributed by atoms with Crippen molar-refractivity contribution in [3.63, 3.8) is 0 Å². The topological polar surface area (TPSA) is 116 Å². The Morgan fingerprint density at radius 1 is 1.00 bits per heavy atom. The van der Waals surface area contributed by atoms with E-state index in [4.69, 9.17) is 9.47 Å². The number of carbonyl (C=O) groups is 1. The molecule has 0 spiro atoms. The quantitative estimate of drug-likeness (QED) is 0.554. The number of esters is 1. The summed E-state index contributed by atoms with van der Waals surface area (Å²) in [6, 6.07) is 14.7. The lowest BCUT2D eigenvalue weighted by Crippen LogP contribution is -2.55. The van der Waals surface area contributed by atoms with Crippen molar-refractivity contribution in [2.45, 2.75) is 36.9 Å². The van der Waals surface area contributed by atoms with Gasteiger partial charge >= 0.3 is 5.97 Å². The van der Waals surface area contributed by atoms with Gasteiger partial charge in [0.25, 0.3) is 0 Å². The highest BCUT2D eigenvalue weighted by Gasteiger charge is 2.43. The SMILES string of the molecule is COC(=O)Cc1cccc(-c2cccc([C@H]3OC(CO)[C@@H](O)[C@H](O)C3O)c2)c1. The third-order valence-corrected chi connectivity index (χ3v) is 4.94. The Labute approximate surface area is 162 Å². The van der Waals surface area contributed by atoms with Crippen molar-refractivity contribution in [1.82, 2.24) is 0 Å². The Hall–Kier alpha value is -2.29. The van der Waals surface area contributed by atoms with E-state index >= 15 is 0 Å². The number of ether oxygens (including phenoxy) is 2. The number of benzene rings is 2. The summed E-state index contributed by atoms with van der Waals surface area (Å²) in [4.78, 5) is 11.5. The van der Waals surface area contributed by atoms with Crippen LogP contribution in [0.2, 0.25) is 0 Å². The van der Waals surface area contributed by atoms with Gasteiger partial charge < -0.3 is 29.9 Å². The molecule has 1 aliphatic rings. The number of aliphatic hydroxyl groups excluding tert-OH is 4. The molecule has 2 aromatic rings. The van der Waals surface area contributed by atoms with Gasteiger partial charge in [-0.1, -0.05) is 42.5 Å². The Balaban J connectivity index is 1.88. The van der Waals surface area contributed by atoms with Crippen LogP contribution in [-0.4, -0.2) is 64.5 Å². The van der Waals surface area contributed by atoms with Crippen LogP contribution in [0.15, 0.2) is 48.5 Å². The molecule has 1 saturated heterocycles. The van der Waals surface area contributed by atoms with Gasteiger partial charge in [0.2, 0.25) is 0 Å². The minimum Gasteiger partial charge on any atom is -0.469 e. The highest BCUT2D eigenvalue weighted by atomic mass is 16.5. The number of carbonyl (C=O) groups excluding carboxylic acids is 1. The first-order valence-corrected chi connectivity index (χ1v) is 9.01. The summed E-state index contributed by atoms with van der Waals surface area (Å²) in [5.41, 5.74) is 3.12. The first-order valence-electron chi connectivity index (χ1n) is 9.01. The third kappa shape index (κ3) is 4.24. The van der Waals surface area contributed by atoms with Gasteiger partial charge in [-0.3, -0.25) is 4.79 Å². The van der Waals surface area contributed by atoms with Crippen LogP contribution >= 0.6 is 0 Å². The van der Waals surface area contributed by atoms with Gasteiger partial charge in [-0.2, -0.15) is 0 Å². The summed E-state index contributed by atoms with van der Waals surface area (Å²) in [7, 11) is 1.34. The molecular weight excluding hydrogens is 364 g/mol. The molecular formula is C21H24O7. The lowest BCUT2D eigenvalue weighted by Gasteiger charge is -2.40. The first-order chi connectivity index (χ1) is 13.4. The largest absolute Gasteiger partial charge is 0.469 e. The highest BCUT2D eigenvalue weighted by Crippen LogP contribution is 2.34. The molecule has 1 aliphatic heterocycles. The number of methoxy groups -OCH3 is 1. The molecule has 3 rings (SSSR count). The molecule has 2 aromatic carbocycles. The maximum Gasteiger partial charge on any atom is 0.309 e. The lowest BCUT2D eigenvalue weighted by atomic mass is 9.90. The van der Waals surface area contributed by atoms with Gasteiger partial charge in [0, 0.05) is 0 Å². The number of hydrogen-bond acceptors (Lipinski definition) is 7. The van der Waals surface area contributed by atoms with E-state index < -0.39 is 37.1 Å². The second-order valence-electron chi connectivity index (χ2n) is 6.83. The zero-order valence-corrected chi connectivity index (χ0v) is 15.4. The van der Waals surface area contributed by atoms with Crippen LogP contribution in [0.25, 0.3) is 11.1 Å². The molecule has 0 amide bonds. The second-order valence-corrected chi connectivity index (χ2v) is 6.83. The molecule has 0 saturated carbocycles. The van der Waals surface area contributed by atoms with Crippen LogP contribution in [0.4, 0.5) is 0 Å². The Morgan fingerprint density at radius 2 is 1.68 bits per heavy atom. The number of aliphatic hydroxyl groups is 4. The Morgan fingerprint density at radius 3 is 2.36 bits per heavy atom. The predicted molar refractivity (Wildman–Crippen MR) is 100 cm³/mol. The molecule has 5 atom stereocenters. The standard InChI is InChI=1S/C21H24O7/c1-27-17(23)9-12-4-2-5-13(8-12)14-6-3-7-15(10-14)21-20(26)19(25)18(24)16(11-22)28-21/h2-8,10,16,18-22,24-26H,9,11H2,1H3/t16?,18-,19+,20?,21-/m1/s1. The summed E-state index contributed by atoms with van der Waals surface area (Å²) < 4.78 is 10.3. The van der Waals surface area contributed by atoms with Gasteiger partial charge in [0.05, 0.1) is 20.1 Å². The average molecular weight is 388 g/mol. The zero-order chi connectivity index (χ0) is 20.3. The van der Waals surface area contributed by atoms with Crippen LogP contribution in [0.5, 0.6) is 0 Å². The molecule has 28 heavy (non-hydrogen) atoms. The molecule has 0 radical (unpaired) electrons. The van der Waals surface area contributed by atoms with E-state index in [1.165, 1.54) is 7.11 Å². The fourth-order valence-corrected chi connectivity index (χ4v) is 3.37. The van der Waals surface area contributed by atoms with Crippen molar-refractivity contribution < 1.29 is 34.7 Å². The van der Waals surface area contributed by atoms with E-state index in [2.05, 4.69) is 0 Å². The smallest absolute Gasteiger partial charge is 0.309 e. The molecule has 1 heterocycles. The highest BCUT2D eigenvalue weighted by molar-refractivity contribution is 5.74. The van der Waals surface area contributed by atoms with E-state index in [0.717, 1.165) is 16.7 Å². The van der Waals surface area contributed by atoms with Crippen LogP contribution < -0.4 is 0 Å². The Kier molecular flexibility index (Phi) is 6.43. The van der Waals surface area contributed by atoms with Crippen molar-refractivity contribution in [2.24, 2.45) is 0 Å². The molecule has 4 N–H and O–H groups in total. The van der Waals surface area contributed by atoms with Gasteiger partial charge in [0.15, 0.2) is 0 Å². The van der Waals surface area contributed by atoms with Crippen LogP contribution in [0.1, 0.15) is 17.2 Å². The first kappa shape index (κ1) is 20.4. The predicted octanol–water partition coefficient (Wildman–Crippen LogP) is 0.584. The zero-order valence-electron chi connectivity index (χ0n) is 15.4. The Bertz CT molecular complexity index is 820. The van der Waals surface area contributed by atoms with Crippen LogP contribution in [0, 0.1) is 0 Å². The molecule has 0 bridgehead atoms. The third-order valence-electron chi connectivity index (χ3n) is 4.94. The van der Waals surface area contributed by atoms with E-state index in [0.29, 0.717) is 5.56 Å². The fraction of sp³-hybridized carbons (Fsp3) is 0.381. The maximum atomic E-state index is 11.5.